The van der Waals surface area contributed by atoms with Gasteiger partial charge < -0.3 is 0 Å². The summed E-state index contributed by atoms with van der Waals surface area (Å²) >= 11 is 0. The fraction of sp³-hybridized carbons (Fsp3) is 0.429. The predicted molar refractivity (Wildman–Crippen MR) is 69.8 cm³/mol. The van der Waals surface area contributed by atoms with E-state index < -0.39 is 0 Å². The van der Waals surface area contributed by atoms with Gasteiger partial charge in [-0.1, -0.05) is 0 Å². The summed E-state index contributed by atoms with van der Waals surface area (Å²) in [5, 5.41) is 8.68. The van der Waals surface area contributed by atoms with Crippen molar-refractivity contribution in [1.29, 1.82) is 5.26 Å². The highest BCUT2D eigenvalue weighted by Gasteiger charge is 2.41. The number of carbonyl (C=O) groups is 2. The molecule has 2 amide bonds. The number of amides is 2. The second kappa shape index (κ2) is 5.02. The lowest BCUT2D eigenvalue weighted by Crippen LogP contribution is -2.47. The summed E-state index contributed by atoms with van der Waals surface area (Å²) in [5.74, 6) is -0.527. The van der Waals surface area contributed by atoms with Crippen LogP contribution in [0.1, 0.15) is 33.7 Å². The number of nitrogens with zero attached hydrogens (tertiary/aromatic N) is 4. The van der Waals surface area contributed by atoms with E-state index in [1.807, 2.05) is 4.90 Å². The number of piperidine rings is 1. The smallest absolute Gasteiger partial charge is 0.280 e. The van der Waals surface area contributed by atoms with Gasteiger partial charge in [0.25, 0.3) is 11.8 Å². The van der Waals surface area contributed by atoms with Crippen LogP contribution in [0.2, 0.25) is 0 Å². The lowest BCUT2D eigenvalue weighted by atomic mass is 10.0. The Morgan fingerprint density at radius 1 is 1.30 bits per heavy atom. The summed E-state index contributed by atoms with van der Waals surface area (Å²) in [7, 11) is 0. The highest BCUT2D eigenvalue weighted by atomic mass is 16.2. The lowest BCUT2D eigenvalue weighted by Gasteiger charge is -2.34. The Morgan fingerprint density at radius 3 is 2.70 bits per heavy atom. The molecule has 0 bridgehead atoms. The van der Waals surface area contributed by atoms with Crippen LogP contribution in [0, 0.1) is 11.3 Å². The second-order valence-electron chi connectivity index (χ2n) is 5.05. The molecule has 0 aliphatic carbocycles. The molecule has 3 heterocycles. The molecule has 102 valence electrons. The lowest BCUT2D eigenvalue weighted by molar-refractivity contribution is 0.0508. The van der Waals surface area contributed by atoms with Gasteiger partial charge in [0.15, 0.2) is 0 Å². The molecule has 1 fully saturated rings. The highest BCUT2D eigenvalue weighted by Crippen LogP contribution is 2.27. The molecule has 1 aromatic heterocycles. The van der Waals surface area contributed by atoms with Gasteiger partial charge >= 0.3 is 0 Å². The van der Waals surface area contributed by atoms with Crippen molar-refractivity contribution in [3.63, 3.8) is 0 Å². The largest absolute Gasteiger partial charge is 0.290 e. The van der Waals surface area contributed by atoms with Gasteiger partial charge in [-0.3, -0.25) is 24.4 Å². The van der Waals surface area contributed by atoms with Crippen molar-refractivity contribution in [3.8, 4) is 6.07 Å². The minimum Gasteiger partial charge on any atom is -0.290 e. The molecule has 1 saturated heterocycles. The van der Waals surface area contributed by atoms with Gasteiger partial charge in [-0.05, 0) is 25.0 Å². The molecule has 3 rings (SSSR count). The molecule has 2 aliphatic heterocycles. The van der Waals surface area contributed by atoms with Gasteiger partial charge in [-0.15, -0.1) is 0 Å². The maximum Gasteiger partial charge on any atom is 0.280 e. The quantitative estimate of drug-likeness (QED) is 0.583. The zero-order valence-electron chi connectivity index (χ0n) is 11.0. The average molecular weight is 270 g/mol. The van der Waals surface area contributed by atoms with E-state index in [1.54, 1.807) is 12.1 Å². The number of hydrogen-bond acceptors (Lipinski definition) is 5. The van der Waals surface area contributed by atoms with E-state index in [2.05, 4.69) is 11.1 Å². The van der Waals surface area contributed by atoms with Gasteiger partial charge in [-0.25, -0.2) is 0 Å². The number of rotatable bonds is 2. The Hall–Kier alpha value is -2.26. The van der Waals surface area contributed by atoms with Gasteiger partial charge in [0.2, 0.25) is 0 Å². The summed E-state index contributed by atoms with van der Waals surface area (Å²) in [6, 6.07) is 5.35. The van der Waals surface area contributed by atoms with Crippen molar-refractivity contribution in [2.24, 2.45) is 0 Å². The first-order valence-corrected chi connectivity index (χ1v) is 6.64. The molecular weight excluding hydrogens is 256 g/mol. The number of fused-ring (bicyclic) bond motifs is 1. The van der Waals surface area contributed by atoms with Crippen LogP contribution in [0.15, 0.2) is 18.3 Å². The standard InChI is InChI=1S/C14H14N4O2/c15-5-9-17-7-3-10(4-8-17)18-13(19)11-2-1-6-16-12(11)14(18)20/h1-2,6,10H,3-4,7-9H2. The van der Waals surface area contributed by atoms with Gasteiger partial charge in [0.1, 0.15) is 5.69 Å². The topological polar surface area (TPSA) is 77.3 Å². The third-order valence-corrected chi connectivity index (χ3v) is 3.89. The Bertz CT molecular complexity index is 564. The second-order valence-corrected chi connectivity index (χ2v) is 5.05. The molecule has 2 aliphatic rings. The van der Waals surface area contributed by atoms with Gasteiger partial charge in [0, 0.05) is 25.3 Å². The van der Waals surface area contributed by atoms with Crippen LogP contribution in [0.25, 0.3) is 0 Å². The van der Waals surface area contributed by atoms with Crippen molar-refractivity contribution in [2.75, 3.05) is 19.6 Å². The molecule has 0 saturated carbocycles. The van der Waals surface area contributed by atoms with Crippen LogP contribution in [-0.4, -0.2) is 52.3 Å². The van der Waals surface area contributed by atoms with Gasteiger partial charge in [-0.2, -0.15) is 5.26 Å². The third kappa shape index (κ3) is 1.96. The van der Waals surface area contributed by atoms with Crippen LogP contribution in [0.5, 0.6) is 0 Å². The third-order valence-electron chi connectivity index (χ3n) is 3.89. The molecule has 1 aromatic rings. The SMILES string of the molecule is N#CCN1CCC(N2C(=O)c3cccnc3C2=O)CC1. The van der Waals surface area contributed by atoms with Crippen molar-refractivity contribution in [3.05, 3.63) is 29.6 Å². The Balaban J connectivity index is 1.76. The van der Waals surface area contributed by atoms with Crippen molar-refractivity contribution in [1.82, 2.24) is 14.8 Å². The van der Waals surface area contributed by atoms with Crippen LogP contribution < -0.4 is 0 Å². The molecule has 0 radical (unpaired) electrons. The minimum atomic E-state index is -0.288. The van der Waals surface area contributed by atoms with E-state index in [4.69, 9.17) is 5.26 Å². The van der Waals surface area contributed by atoms with Crippen molar-refractivity contribution in [2.45, 2.75) is 18.9 Å². The van der Waals surface area contributed by atoms with Crippen molar-refractivity contribution < 1.29 is 9.59 Å². The molecule has 0 spiro atoms. The van der Waals surface area contributed by atoms with Gasteiger partial charge in [0.05, 0.1) is 18.2 Å². The molecule has 6 heteroatoms. The normalized spacial score (nSPS) is 20.1. The van der Waals surface area contributed by atoms with Crippen LogP contribution in [0.3, 0.4) is 0 Å². The number of hydrogen-bond donors (Lipinski definition) is 0. The summed E-state index contributed by atoms with van der Waals surface area (Å²) in [6.45, 7) is 1.87. The van der Waals surface area contributed by atoms with Crippen LogP contribution in [-0.2, 0) is 0 Å². The number of likely N-dealkylation sites (tertiary alicyclic amines) is 1. The number of aromatic nitrogens is 1. The molecule has 0 atom stereocenters. The first kappa shape index (κ1) is 12.8. The molecule has 6 nitrogen and oxygen atoms in total. The fourth-order valence-corrected chi connectivity index (χ4v) is 2.85. The number of nitriles is 1. The summed E-state index contributed by atoms with van der Waals surface area (Å²) < 4.78 is 0. The Morgan fingerprint density at radius 2 is 2.05 bits per heavy atom. The zero-order chi connectivity index (χ0) is 14.1. The Kier molecular flexibility index (Phi) is 3.20. The molecule has 0 unspecified atom stereocenters. The maximum atomic E-state index is 12.3. The fourth-order valence-electron chi connectivity index (χ4n) is 2.85. The van der Waals surface area contributed by atoms with E-state index >= 15 is 0 Å². The first-order chi connectivity index (χ1) is 9.72. The van der Waals surface area contributed by atoms with Crippen LogP contribution >= 0.6 is 0 Å². The van der Waals surface area contributed by atoms with E-state index in [1.165, 1.54) is 11.1 Å². The number of imide groups is 1. The Labute approximate surface area is 116 Å². The monoisotopic (exact) mass is 270 g/mol. The number of carbonyl (C=O) groups excluding carboxylic acids is 2. The minimum absolute atomic E-state index is 0.0841. The molecule has 0 N–H and O–H groups in total. The average Bonchev–Trinajstić information content (AvgIpc) is 2.73. The first-order valence-electron chi connectivity index (χ1n) is 6.64. The van der Waals surface area contributed by atoms with E-state index in [0.29, 0.717) is 24.9 Å². The zero-order valence-corrected chi connectivity index (χ0v) is 11.0. The maximum absolute atomic E-state index is 12.3. The summed E-state index contributed by atoms with van der Waals surface area (Å²) in [6.07, 6.45) is 2.96. The van der Waals surface area contributed by atoms with Crippen molar-refractivity contribution >= 4 is 11.8 Å². The molecule has 0 aromatic carbocycles. The molecule has 20 heavy (non-hydrogen) atoms. The predicted octanol–water partition coefficient (Wildman–Crippen LogP) is 0.666. The van der Waals surface area contributed by atoms with E-state index in [-0.39, 0.29) is 23.6 Å². The van der Waals surface area contributed by atoms with Crippen LogP contribution in [0.4, 0.5) is 0 Å². The van der Waals surface area contributed by atoms with E-state index in [9.17, 15) is 9.59 Å². The summed E-state index contributed by atoms with van der Waals surface area (Å²) in [4.78, 5) is 32.0. The highest BCUT2D eigenvalue weighted by molar-refractivity contribution is 6.20. The summed E-state index contributed by atoms with van der Waals surface area (Å²) in [5.41, 5.74) is 0.661. The number of pyridine rings is 1. The molecular formula is C14H14N4O2. The van der Waals surface area contributed by atoms with E-state index in [0.717, 1.165) is 13.1 Å².